The van der Waals surface area contributed by atoms with Crippen LogP contribution in [0.4, 0.5) is 0 Å². The van der Waals surface area contributed by atoms with Crippen molar-refractivity contribution < 1.29 is 9.53 Å². The molecule has 2 aromatic heterocycles. The molecule has 0 aliphatic carbocycles. The summed E-state index contributed by atoms with van der Waals surface area (Å²) in [5.74, 6) is 1.07. The minimum atomic E-state index is -0.0186. The second-order valence-electron chi connectivity index (χ2n) is 6.22. The Morgan fingerprint density at radius 2 is 2.19 bits per heavy atom. The number of ketones is 1. The van der Waals surface area contributed by atoms with E-state index in [0.29, 0.717) is 17.1 Å². The van der Waals surface area contributed by atoms with Gasteiger partial charge in [-0.2, -0.15) is 0 Å². The van der Waals surface area contributed by atoms with Crippen LogP contribution < -0.4 is 0 Å². The van der Waals surface area contributed by atoms with Crippen LogP contribution in [0.5, 0.6) is 0 Å². The summed E-state index contributed by atoms with van der Waals surface area (Å²) >= 11 is 9.16. The lowest BCUT2D eigenvalue weighted by molar-refractivity contribution is 0.0953. The second kappa shape index (κ2) is 8.56. The maximum atomic E-state index is 12.5. The Labute approximate surface area is 170 Å². The van der Waals surface area contributed by atoms with Crippen LogP contribution in [0.25, 0.3) is 10.7 Å². The van der Waals surface area contributed by atoms with Crippen LogP contribution in [0.3, 0.4) is 0 Å². The van der Waals surface area contributed by atoms with E-state index in [9.17, 15) is 4.79 Å². The number of rotatable bonds is 7. The predicted octanol–water partition coefficient (Wildman–Crippen LogP) is 4.81. The van der Waals surface area contributed by atoms with Crippen LogP contribution in [-0.2, 0) is 11.3 Å². The second-order valence-corrected chi connectivity index (χ2v) is 8.52. The van der Waals surface area contributed by atoms with Gasteiger partial charge in [-0.05, 0) is 36.4 Å². The Morgan fingerprint density at radius 1 is 1.30 bits per heavy atom. The number of thiophene rings is 1. The minimum absolute atomic E-state index is 0.0186. The van der Waals surface area contributed by atoms with Gasteiger partial charge in [0.05, 0.1) is 28.3 Å². The predicted molar refractivity (Wildman–Crippen MR) is 109 cm³/mol. The lowest BCUT2D eigenvalue weighted by Crippen LogP contribution is -2.17. The van der Waals surface area contributed by atoms with Crippen molar-refractivity contribution in [2.24, 2.45) is 0 Å². The minimum Gasteiger partial charge on any atom is -0.376 e. The third-order valence-electron chi connectivity index (χ3n) is 4.38. The highest BCUT2D eigenvalue weighted by atomic mass is 35.5. The zero-order valence-electron chi connectivity index (χ0n) is 14.5. The number of Topliss-reactive ketones (excluding diaryl/α,β-unsaturated/α-hetero) is 1. The SMILES string of the molecule is O=C(CSc1nnc(-c2cccs2)n1CC1CCCO1)c1ccccc1Cl. The van der Waals surface area contributed by atoms with Gasteiger partial charge < -0.3 is 4.74 Å². The highest BCUT2D eigenvalue weighted by molar-refractivity contribution is 7.99. The van der Waals surface area contributed by atoms with Crippen molar-refractivity contribution >= 4 is 40.5 Å². The fraction of sp³-hybridized carbons (Fsp3) is 0.316. The molecule has 1 unspecified atom stereocenters. The van der Waals surface area contributed by atoms with Crippen LogP contribution in [0.15, 0.2) is 46.9 Å². The number of halogens is 1. The summed E-state index contributed by atoms with van der Waals surface area (Å²) in [6.07, 6.45) is 2.28. The number of nitrogens with zero attached hydrogens (tertiary/aromatic N) is 3. The van der Waals surface area contributed by atoms with Crippen molar-refractivity contribution in [3.8, 4) is 10.7 Å². The molecule has 0 radical (unpaired) electrons. The molecule has 3 aromatic rings. The van der Waals surface area contributed by atoms with Crippen molar-refractivity contribution in [1.82, 2.24) is 14.8 Å². The lowest BCUT2D eigenvalue weighted by Gasteiger charge is -2.14. The van der Waals surface area contributed by atoms with E-state index in [0.717, 1.165) is 35.3 Å². The van der Waals surface area contributed by atoms with E-state index >= 15 is 0 Å². The summed E-state index contributed by atoms with van der Waals surface area (Å²) in [7, 11) is 0. The first-order chi connectivity index (χ1) is 13.2. The van der Waals surface area contributed by atoms with E-state index in [4.69, 9.17) is 16.3 Å². The molecule has 1 aliphatic heterocycles. The van der Waals surface area contributed by atoms with Gasteiger partial charge in [-0.1, -0.05) is 41.6 Å². The lowest BCUT2D eigenvalue weighted by atomic mass is 10.1. The first-order valence-corrected chi connectivity index (χ1v) is 11.0. The maximum absolute atomic E-state index is 12.5. The molecular weight excluding hydrogens is 402 g/mol. The van der Waals surface area contributed by atoms with Gasteiger partial charge in [0, 0.05) is 12.2 Å². The average Bonchev–Trinajstić information content (AvgIpc) is 3.43. The third kappa shape index (κ3) is 4.27. The average molecular weight is 420 g/mol. The molecule has 0 bridgehead atoms. The van der Waals surface area contributed by atoms with E-state index in [1.807, 2.05) is 29.6 Å². The summed E-state index contributed by atoms with van der Waals surface area (Å²) in [6.45, 7) is 1.50. The van der Waals surface area contributed by atoms with Gasteiger partial charge in [0.2, 0.25) is 0 Å². The molecule has 0 amide bonds. The van der Waals surface area contributed by atoms with Gasteiger partial charge in [-0.15, -0.1) is 21.5 Å². The number of hydrogen-bond acceptors (Lipinski definition) is 6. The quantitative estimate of drug-likeness (QED) is 0.406. The highest BCUT2D eigenvalue weighted by Crippen LogP contribution is 2.29. The maximum Gasteiger partial charge on any atom is 0.192 e. The first kappa shape index (κ1) is 18.7. The Balaban J connectivity index is 1.55. The Bertz CT molecular complexity index is 921. The van der Waals surface area contributed by atoms with Crippen LogP contribution in [-0.4, -0.2) is 39.0 Å². The topological polar surface area (TPSA) is 57.0 Å². The number of thioether (sulfide) groups is 1. The zero-order chi connectivity index (χ0) is 18.6. The number of carbonyl (C=O) groups excluding carboxylic acids is 1. The van der Waals surface area contributed by atoms with E-state index in [-0.39, 0.29) is 17.6 Å². The molecular formula is C19H18ClN3O2S2. The van der Waals surface area contributed by atoms with Crippen molar-refractivity contribution in [3.05, 3.63) is 52.4 Å². The highest BCUT2D eigenvalue weighted by Gasteiger charge is 2.23. The van der Waals surface area contributed by atoms with Crippen LogP contribution in [0, 0.1) is 0 Å². The van der Waals surface area contributed by atoms with Gasteiger partial charge in [0.1, 0.15) is 0 Å². The monoisotopic (exact) mass is 419 g/mol. The fourth-order valence-electron chi connectivity index (χ4n) is 3.04. The standard InChI is InChI=1S/C19H18ClN3O2S2/c20-15-7-2-1-6-14(15)16(24)12-27-19-22-21-18(17-8-4-10-26-17)23(19)11-13-5-3-9-25-13/h1-2,4,6-8,10,13H,3,5,9,11-12H2. The van der Waals surface area contributed by atoms with E-state index in [1.165, 1.54) is 11.8 Å². The van der Waals surface area contributed by atoms with Crippen molar-refractivity contribution in [3.63, 3.8) is 0 Å². The number of aromatic nitrogens is 3. The molecule has 140 valence electrons. The smallest absolute Gasteiger partial charge is 0.192 e. The van der Waals surface area contributed by atoms with Crippen LogP contribution in [0.2, 0.25) is 5.02 Å². The fourth-order valence-corrected chi connectivity index (χ4v) is 4.82. The number of carbonyl (C=O) groups is 1. The molecule has 0 saturated carbocycles. The van der Waals surface area contributed by atoms with Gasteiger partial charge in [-0.25, -0.2) is 0 Å². The summed E-state index contributed by atoms with van der Waals surface area (Å²) in [4.78, 5) is 13.6. The number of benzene rings is 1. The summed E-state index contributed by atoms with van der Waals surface area (Å²) in [5.41, 5.74) is 0.537. The molecule has 5 nitrogen and oxygen atoms in total. The largest absolute Gasteiger partial charge is 0.376 e. The summed E-state index contributed by atoms with van der Waals surface area (Å²) < 4.78 is 7.87. The zero-order valence-corrected chi connectivity index (χ0v) is 16.9. The molecule has 0 spiro atoms. The summed E-state index contributed by atoms with van der Waals surface area (Å²) in [6, 6.07) is 11.1. The van der Waals surface area contributed by atoms with Crippen molar-refractivity contribution in [2.75, 3.05) is 12.4 Å². The van der Waals surface area contributed by atoms with Crippen molar-refractivity contribution in [1.29, 1.82) is 0 Å². The molecule has 1 aromatic carbocycles. The number of hydrogen-bond donors (Lipinski definition) is 0. The van der Waals surface area contributed by atoms with E-state index in [1.54, 1.807) is 23.5 Å². The molecule has 0 N–H and O–H groups in total. The Hall–Kier alpha value is -1.67. The third-order valence-corrected chi connectivity index (χ3v) is 6.54. The summed E-state index contributed by atoms with van der Waals surface area (Å²) in [5, 5.41) is 12.0. The Kier molecular flexibility index (Phi) is 5.92. The van der Waals surface area contributed by atoms with Crippen LogP contribution in [0.1, 0.15) is 23.2 Å². The van der Waals surface area contributed by atoms with E-state index < -0.39 is 0 Å². The molecule has 1 atom stereocenters. The molecule has 27 heavy (non-hydrogen) atoms. The van der Waals surface area contributed by atoms with Gasteiger partial charge in [0.25, 0.3) is 0 Å². The molecule has 1 saturated heterocycles. The number of ether oxygens (including phenoxy) is 1. The molecule has 1 fully saturated rings. The first-order valence-electron chi connectivity index (χ1n) is 8.71. The molecule has 3 heterocycles. The molecule has 4 rings (SSSR count). The Morgan fingerprint density at radius 3 is 2.93 bits per heavy atom. The molecule has 8 heteroatoms. The van der Waals surface area contributed by atoms with Gasteiger partial charge in [0.15, 0.2) is 16.8 Å². The molecule has 1 aliphatic rings. The van der Waals surface area contributed by atoms with Gasteiger partial charge in [-0.3, -0.25) is 9.36 Å². The van der Waals surface area contributed by atoms with E-state index in [2.05, 4.69) is 14.8 Å². The van der Waals surface area contributed by atoms with Crippen molar-refractivity contribution in [2.45, 2.75) is 30.6 Å². The normalized spacial score (nSPS) is 16.7. The van der Waals surface area contributed by atoms with Crippen LogP contribution >= 0.6 is 34.7 Å². The van der Waals surface area contributed by atoms with Gasteiger partial charge >= 0.3 is 0 Å².